The second-order valence-electron chi connectivity index (χ2n) is 3.96. The summed E-state index contributed by atoms with van der Waals surface area (Å²) in [6.07, 6.45) is 1.18. The Balaban J connectivity index is 2.52. The zero-order chi connectivity index (χ0) is 13.4. The fraction of sp³-hybridized carbons (Fsp3) is 0.400. The Morgan fingerprint density at radius 2 is 1.94 bits per heavy atom. The average molecular weight is 252 g/mol. The number of hydrogen-bond donors (Lipinski definition) is 2. The van der Waals surface area contributed by atoms with Crippen molar-refractivity contribution in [3.8, 4) is 0 Å². The third-order valence-corrected chi connectivity index (χ3v) is 3.05. The Bertz CT molecular complexity index is 530. The molecule has 1 unspecified atom stereocenters. The van der Waals surface area contributed by atoms with Crippen LogP contribution in [0.25, 0.3) is 0 Å². The number of carbonyl (C=O) groups excluding carboxylic acids is 2. The van der Waals surface area contributed by atoms with Crippen molar-refractivity contribution < 1.29 is 29.4 Å². The highest BCUT2D eigenvalue weighted by molar-refractivity contribution is 6.04. The molecule has 0 bridgehead atoms. The van der Waals surface area contributed by atoms with Crippen LogP contribution in [-0.2, 0) is 19.2 Å². The number of isocyanates is 1. The number of aliphatic carboxylic acids is 2. The van der Waals surface area contributed by atoms with E-state index in [-0.39, 0.29) is 12.8 Å². The first kappa shape index (κ1) is 12.0. The second kappa shape index (κ2) is 4.08. The van der Waals surface area contributed by atoms with Crippen molar-refractivity contribution in [1.82, 2.24) is 4.90 Å². The van der Waals surface area contributed by atoms with Crippen LogP contribution in [0.5, 0.6) is 0 Å². The molecule has 2 aliphatic heterocycles. The largest absolute Gasteiger partial charge is 0.478 e. The van der Waals surface area contributed by atoms with E-state index in [0.717, 1.165) is 4.90 Å². The quantitative estimate of drug-likeness (QED) is 0.381. The van der Waals surface area contributed by atoms with Gasteiger partial charge >= 0.3 is 11.9 Å². The molecule has 2 rings (SSSR count). The Kier molecular flexibility index (Phi) is 2.72. The fourth-order valence-electron chi connectivity index (χ4n) is 2.25. The highest BCUT2D eigenvalue weighted by atomic mass is 16.4. The van der Waals surface area contributed by atoms with Crippen LogP contribution >= 0.6 is 0 Å². The van der Waals surface area contributed by atoms with Gasteiger partial charge in [0.15, 0.2) is 0 Å². The van der Waals surface area contributed by atoms with Crippen LogP contribution in [0.3, 0.4) is 0 Å². The van der Waals surface area contributed by atoms with Crippen molar-refractivity contribution in [3.63, 3.8) is 0 Å². The lowest BCUT2D eigenvalue weighted by molar-refractivity contribution is -0.151. The maximum Gasteiger partial charge on any atom is 0.353 e. The van der Waals surface area contributed by atoms with Gasteiger partial charge in [0, 0.05) is 6.42 Å². The van der Waals surface area contributed by atoms with Crippen molar-refractivity contribution in [2.24, 2.45) is 4.99 Å². The molecule has 0 aromatic carbocycles. The molecular formula is C10H8N2O6. The molecule has 8 nitrogen and oxygen atoms in total. The van der Waals surface area contributed by atoms with Gasteiger partial charge in [-0.1, -0.05) is 0 Å². The maximum absolute atomic E-state index is 11.4. The van der Waals surface area contributed by atoms with Gasteiger partial charge in [-0.05, 0) is 0 Å². The van der Waals surface area contributed by atoms with Gasteiger partial charge in [-0.2, -0.15) is 4.99 Å². The number of carbonyl (C=O) groups is 3. The molecular weight excluding hydrogens is 244 g/mol. The molecule has 2 aliphatic rings. The molecule has 0 saturated carbocycles. The zero-order valence-corrected chi connectivity index (χ0v) is 8.99. The van der Waals surface area contributed by atoms with Crippen LogP contribution in [0.15, 0.2) is 16.3 Å². The number of hydrogen-bond acceptors (Lipinski definition) is 5. The Labute approximate surface area is 100 Å². The number of aliphatic imine (C=N–C) groups is 1. The molecule has 94 valence electrons. The van der Waals surface area contributed by atoms with E-state index in [1.54, 1.807) is 0 Å². The summed E-state index contributed by atoms with van der Waals surface area (Å²) in [5.41, 5.74) is -0.947. The van der Waals surface area contributed by atoms with E-state index in [1.165, 1.54) is 6.08 Å². The van der Waals surface area contributed by atoms with E-state index in [9.17, 15) is 19.2 Å². The summed E-state index contributed by atoms with van der Waals surface area (Å²) in [7, 11) is 0. The molecule has 0 spiro atoms. The van der Waals surface area contributed by atoms with Gasteiger partial charge < -0.3 is 10.2 Å². The number of rotatable bonds is 3. The number of carboxylic acids is 2. The van der Waals surface area contributed by atoms with Crippen LogP contribution < -0.4 is 0 Å². The molecule has 2 N–H and O–H groups in total. The van der Waals surface area contributed by atoms with E-state index in [4.69, 9.17) is 10.2 Å². The minimum atomic E-state index is -1.47. The molecule has 2 heterocycles. The predicted molar refractivity (Wildman–Crippen MR) is 54.1 cm³/mol. The molecule has 1 amide bonds. The van der Waals surface area contributed by atoms with Crippen LogP contribution in [0.1, 0.15) is 12.8 Å². The smallest absolute Gasteiger partial charge is 0.353 e. The van der Waals surface area contributed by atoms with E-state index in [1.807, 2.05) is 0 Å². The van der Waals surface area contributed by atoms with Gasteiger partial charge in [-0.15, -0.1) is 0 Å². The lowest BCUT2D eigenvalue weighted by Crippen LogP contribution is -2.61. The van der Waals surface area contributed by atoms with Crippen molar-refractivity contribution in [1.29, 1.82) is 0 Å². The number of fused-ring (bicyclic) bond motifs is 1. The van der Waals surface area contributed by atoms with Gasteiger partial charge in [-0.25, -0.2) is 14.4 Å². The highest BCUT2D eigenvalue weighted by Crippen LogP contribution is 2.37. The normalized spacial score (nSPS) is 26.0. The number of carboxylic acid groups (broad SMARTS) is 2. The summed E-state index contributed by atoms with van der Waals surface area (Å²) in [4.78, 5) is 48.0. The first-order chi connectivity index (χ1) is 8.47. The third kappa shape index (κ3) is 1.59. The van der Waals surface area contributed by atoms with E-state index < -0.39 is 41.2 Å². The third-order valence-electron chi connectivity index (χ3n) is 3.05. The first-order valence-corrected chi connectivity index (χ1v) is 5.06. The summed E-state index contributed by atoms with van der Waals surface area (Å²) < 4.78 is 0. The van der Waals surface area contributed by atoms with Crippen molar-refractivity contribution in [2.75, 3.05) is 0 Å². The molecule has 2 atom stereocenters. The second-order valence-corrected chi connectivity index (χ2v) is 3.96. The van der Waals surface area contributed by atoms with Gasteiger partial charge in [0.05, 0.1) is 24.1 Å². The van der Waals surface area contributed by atoms with Gasteiger partial charge in [0.1, 0.15) is 5.70 Å². The molecule has 18 heavy (non-hydrogen) atoms. The monoisotopic (exact) mass is 252 g/mol. The predicted octanol–water partition coefficient (Wildman–Crippen LogP) is -0.881. The van der Waals surface area contributed by atoms with Gasteiger partial charge in [-0.3, -0.25) is 9.69 Å². The molecule has 1 fully saturated rings. The molecule has 0 aromatic heterocycles. The van der Waals surface area contributed by atoms with Crippen molar-refractivity contribution >= 4 is 23.9 Å². The number of amides is 1. The number of nitrogens with zero attached hydrogens (tertiary/aromatic N) is 2. The van der Waals surface area contributed by atoms with Crippen molar-refractivity contribution in [2.45, 2.75) is 24.9 Å². The molecule has 8 heteroatoms. The van der Waals surface area contributed by atoms with E-state index in [0.29, 0.717) is 0 Å². The van der Waals surface area contributed by atoms with Gasteiger partial charge in [0.25, 0.3) is 0 Å². The summed E-state index contributed by atoms with van der Waals surface area (Å²) in [6.45, 7) is 0. The molecule has 1 saturated heterocycles. The van der Waals surface area contributed by atoms with Crippen LogP contribution in [0, 0.1) is 0 Å². The number of β-lactam (4-membered cyclic amide) rings is 1. The SMILES string of the molecule is O=C=NC1CC(C(=O)O)=C(C(=O)O)N2C(=O)C[C@@H]12. The standard InChI is InChI=1S/C10H8N2O6/c13-3-11-5-1-4(9(15)16)8(10(17)18)12-6(5)2-7(12)14/h5-6H,1-2H2,(H,15,16)(H,17,18)/t5?,6-/m0/s1. The molecule has 0 aromatic rings. The highest BCUT2D eigenvalue weighted by Gasteiger charge is 2.50. The topological polar surface area (TPSA) is 124 Å². The van der Waals surface area contributed by atoms with Gasteiger partial charge in [0.2, 0.25) is 12.0 Å². The zero-order valence-electron chi connectivity index (χ0n) is 8.99. The first-order valence-electron chi connectivity index (χ1n) is 5.06. The van der Waals surface area contributed by atoms with E-state index in [2.05, 4.69) is 4.99 Å². The Hall–Kier alpha value is -2.47. The average Bonchev–Trinajstić information content (AvgIpc) is 2.28. The molecule has 0 radical (unpaired) electrons. The minimum Gasteiger partial charge on any atom is -0.478 e. The Morgan fingerprint density at radius 1 is 1.28 bits per heavy atom. The Morgan fingerprint density at radius 3 is 2.39 bits per heavy atom. The van der Waals surface area contributed by atoms with Crippen LogP contribution in [0.4, 0.5) is 0 Å². The summed E-state index contributed by atoms with van der Waals surface area (Å²) in [5, 5.41) is 17.9. The summed E-state index contributed by atoms with van der Waals surface area (Å²) in [5.74, 6) is -3.39. The van der Waals surface area contributed by atoms with Crippen LogP contribution in [-0.4, -0.2) is 51.1 Å². The lowest BCUT2D eigenvalue weighted by atomic mass is 9.83. The summed E-state index contributed by atoms with van der Waals surface area (Å²) in [6, 6.07) is -1.30. The minimum absolute atomic E-state index is 0.0551. The fourth-order valence-corrected chi connectivity index (χ4v) is 2.25. The van der Waals surface area contributed by atoms with Crippen molar-refractivity contribution in [3.05, 3.63) is 11.3 Å². The van der Waals surface area contributed by atoms with E-state index >= 15 is 0 Å². The van der Waals surface area contributed by atoms with Crippen LogP contribution in [0.2, 0.25) is 0 Å². The lowest BCUT2D eigenvalue weighted by Gasteiger charge is -2.46. The molecule has 0 aliphatic carbocycles. The maximum atomic E-state index is 11.4. The summed E-state index contributed by atoms with van der Waals surface area (Å²) >= 11 is 0.